The number of halogens is 5. The van der Waals surface area contributed by atoms with Gasteiger partial charge in [0.05, 0.1) is 11.7 Å². The zero-order valence-electron chi connectivity index (χ0n) is 23.0. The monoisotopic (exact) mass is 566 g/mol. The smallest absolute Gasteiger partial charge is 0.419 e. The predicted molar refractivity (Wildman–Crippen MR) is 144 cm³/mol. The van der Waals surface area contributed by atoms with Crippen LogP contribution in [0.3, 0.4) is 0 Å². The Labute approximate surface area is 227 Å². The molecule has 1 N–H and O–H groups in total. The first-order valence-electron chi connectivity index (χ1n) is 13.1. The maximum atomic E-state index is 15.5. The lowest BCUT2D eigenvalue weighted by Crippen LogP contribution is -2.46. The Balaban J connectivity index is 1.42. The topological polar surface area (TPSA) is 43.4 Å². The van der Waals surface area contributed by atoms with E-state index in [4.69, 9.17) is 9.16 Å². The SMILES string of the molecule is C[C@@H](O[Si](C)(C)C(C)(C)C)c1cc(F)c(CNC2CC(Oc3ccc(F)c(C(F)(F)F)c3)C2)c2ccncc12. The van der Waals surface area contributed by atoms with E-state index in [9.17, 15) is 17.6 Å². The van der Waals surface area contributed by atoms with Crippen molar-refractivity contribution >= 4 is 19.1 Å². The van der Waals surface area contributed by atoms with E-state index in [2.05, 4.69) is 44.2 Å². The Kier molecular flexibility index (Phi) is 8.13. The lowest BCUT2D eigenvalue weighted by molar-refractivity contribution is -0.140. The van der Waals surface area contributed by atoms with Crippen LogP contribution in [0.2, 0.25) is 18.1 Å². The molecule has 1 aromatic heterocycles. The van der Waals surface area contributed by atoms with Crippen LogP contribution in [-0.2, 0) is 17.1 Å². The van der Waals surface area contributed by atoms with Crippen molar-refractivity contribution in [3.63, 3.8) is 0 Å². The number of benzene rings is 2. The molecule has 1 heterocycles. The summed E-state index contributed by atoms with van der Waals surface area (Å²) in [4.78, 5) is 4.27. The van der Waals surface area contributed by atoms with E-state index in [0.717, 1.165) is 22.4 Å². The highest BCUT2D eigenvalue weighted by atomic mass is 28.4. The first-order chi connectivity index (χ1) is 18.1. The van der Waals surface area contributed by atoms with Crippen molar-refractivity contribution in [2.24, 2.45) is 0 Å². The number of nitrogens with zero attached hydrogens (tertiary/aromatic N) is 1. The second-order valence-corrected chi connectivity index (χ2v) is 16.6. The van der Waals surface area contributed by atoms with Crippen LogP contribution in [-0.4, -0.2) is 25.4 Å². The fraction of sp³-hybridized carbons (Fsp3) is 0.483. The highest BCUT2D eigenvalue weighted by Gasteiger charge is 2.39. The van der Waals surface area contributed by atoms with E-state index in [0.29, 0.717) is 24.5 Å². The average molecular weight is 567 g/mol. The van der Waals surface area contributed by atoms with Gasteiger partial charge in [0.1, 0.15) is 23.5 Å². The van der Waals surface area contributed by atoms with Gasteiger partial charge in [-0.15, -0.1) is 0 Å². The van der Waals surface area contributed by atoms with Gasteiger partial charge in [0, 0.05) is 35.9 Å². The van der Waals surface area contributed by atoms with Crippen LogP contribution in [0.5, 0.6) is 5.75 Å². The largest absolute Gasteiger partial charge is 0.490 e. The summed E-state index contributed by atoms with van der Waals surface area (Å²) in [5.41, 5.74) is -0.0643. The molecule has 0 bridgehead atoms. The molecule has 1 fully saturated rings. The third-order valence-corrected chi connectivity index (χ3v) is 12.5. The average Bonchev–Trinajstić information content (AvgIpc) is 2.80. The standard InChI is InChI=1S/C29H35F5N2O2Si/c1-17(38-39(5,6)28(2,3)4)22-14-27(31)24(21-9-10-35-15-23(21)22)16-36-18-11-20(12-18)37-19-7-8-26(30)25(13-19)29(32,33)34/h7-10,13-15,17-18,20,36H,11-12,16H2,1-6H3/t17-,18?,20?/m1/s1. The van der Waals surface area contributed by atoms with Crippen LogP contribution in [0.15, 0.2) is 42.7 Å². The number of rotatable bonds is 8. The summed E-state index contributed by atoms with van der Waals surface area (Å²) in [6, 6.07) is 5.99. The number of nitrogens with one attached hydrogen (secondary N) is 1. The van der Waals surface area contributed by atoms with Gasteiger partial charge in [-0.3, -0.25) is 4.98 Å². The molecule has 4 rings (SSSR count). The molecule has 39 heavy (non-hydrogen) atoms. The summed E-state index contributed by atoms with van der Waals surface area (Å²) in [6.45, 7) is 13.0. The quantitative estimate of drug-likeness (QED) is 0.220. The van der Waals surface area contributed by atoms with Gasteiger partial charge in [-0.2, -0.15) is 13.2 Å². The van der Waals surface area contributed by atoms with Crippen molar-refractivity contribution in [1.29, 1.82) is 0 Å². The van der Waals surface area contributed by atoms with Crippen molar-refractivity contribution in [3.05, 3.63) is 71.1 Å². The fourth-order valence-electron chi connectivity index (χ4n) is 4.58. The van der Waals surface area contributed by atoms with E-state index in [1.165, 1.54) is 12.1 Å². The molecule has 212 valence electrons. The first kappa shape index (κ1) is 29.4. The minimum atomic E-state index is -4.79. The second-order valence-electron chi connectivity index (χ2n) is 11.8. The van der Waals surface area contributed by atoms with Crippen LogP contribution < -0.4 is 10.1 Å². The Morgan fingerprint density at radius 3 is 2.36 bits per heavy atom. The van der Waals surface area contributed by atoms with Gasteiger partial charge in [0.2, 0.25) is 0 Å². The normalized spacial score (nSPS) is 19.2. The summed E-state index contributed by atoms with van der Waals surface area (Å²) in [7, 11) is -2.09. The van der Waals surface area contributed by atoms with Crippen LogP contribution >= 0.6 is 0 Å². The zero-order chi connectivity index (χ0) is 28.8. The van der Waals surface area contributed by atoms with Crippen molar-refractivity contribution in [3.8, 4) is 5.75 Å². The van der Waals surface area contributed by atoms with Crippen molar-refractivity contribution in [2.75, 3.05) is 0 Å². The summed E-state index contributed by atoms with van der Waals surface area (Å²) < 4.78 is 80.1. The number of fused-ring (bicyclic) bond motifs is 1. The van der Waals surface area contributed by atoms with Crippen molar-refractivity contribution in [1.82, 2.24) is 10.3 Å². The van der Waals surface area contributed by atoms with E-state index in [1.807, 2.05) is 6.92 Å². The molecule has 0 spiro atoms. The molecule has 3 aromatic rings. The number of pyridine rings is 1. The van der Waals surface area contributed by atoms with E-state index >= 15 is 4.39 Å². The molecule has 1 aliphatic carbocycles. The Morgan fingerprint density at radius 2 is 1.72 bits per heavy atom. The van der Waals surface area contributed by atoms with E-state index in [-0.39, 0.29) is 41.4 Å². The van der Waals surface area contributed by atoms with Crippen LogP contribution in [0.1, 0.15) is 63.3 Å². The number of hydrogen-bond acceptors (Lipinski definition) is 4. The molecule has 0 aliphatic heterocycles. The lowest BCUT2D eigenvalue weighted by atomic mass is 9.88. The van der Waals surface area contributed by atoms with E-state index in [1.54, 1.807) is 18.5 Å². The number of alkyl halides is 3. The Morgan fingerprint density at radius 1 is 1.03 bits per heavy atom. The Bertz CT molecular complexity index is 1330. The van der Waals surface area contributed by atoms with Crippen LogP contribution in [0.25, 0.3) is 10.8 Å². The van der Waals surface area contributed by atoms with Crippen LogP contribution in [0.4, 0.5) is 22.0 Å². The number of aromatic nitrogens is 1. The Hall–Kier alpha value is -2.56. The van der Waals surface area contributed by atoms with Crippen molar-refractivity contribution in [2.45, 2.75) is 89.6 Å². The third-order valence-electron chi connectivity index (χ3n) is 7.95. The molecule has 0 amide bonds. The molecular formula is C29H35F5N2O2Si. The molecule has 0 saturated heterocycles. The molecule has 1 aliphatic rings. The minimum Gasteiger partial charge on any atom is -0.490 e. The fourth-order valence-corrected chi connectivity index (χ4v) is 5.94. The molecule has 10 heteroatoms. The molecule has 1 saturated carbocycles. The van der Waals surface area contributed by atoms with E-state index < -0.39 is 25.9 Å². The molecule has 4 nitrogen and oxygen atoms in total. The maximum absolute atomic E-state index is 15.5. The summed E-state index contributed by atoms with van der Waals surface area (Å²) in [5, 5.41) is 4.95. The molecule has 1 atom stereocenters. The summed E-state index contributed by atoms with van der Waals surface area (Å²) in [5.74, 6) is -1.69. The van der Waals surface area contributed by atoms with Crippen molar-refractivity contribution < 1.29 is 31.1 Å². The molecule has 2 aromatic carbocycles. The van der Waals surface area contributed by atoms with Gasteiger partial charge in [-0.05, 0) is 79.2 Å². The third kappa shape index (κ3) is 6.44. The maximum Gasteiger partial charge on any atom is 0.419 e. The highest BCUT2D eigenvalue weighted by Crippen LogP contribution is 2.41. The first-order valence-corrected chi connectivity index (χ1v) is 16.0. The highest BCUT2D eigenvalue weighted by molar-refractivity contribution is 6.74. The van der Waals surface area contributed by atoms with Crippen LogP contribution in [0, 0.1) is 11.6 Å². The van der Waals surface area contributed by atoms with Gasteiger partial charge in [-0.1, -0.05) is 20.8 Å². The minimum absolute atomic E-state index is 0.00865. The number of hydrogen-bond donors (Lipinski definition) is 1. The molecule has 0 radical (unpaired) electrons. The number of ether oxygens (including phenoxy) is 1. The second kappa shape index (κ2) is 10.8. The van der Waals surface area contributed by atoms with Gasteiger partial charge < -0.3 is 14.5 Å². The predicted octanol–water partition coefficient (Wildman–Crippen LogP) is 8.31. The van der Waals surface area contributed by atoms with Gasteiger partial charge >= 0.3 is 6.18 Å². The lowest BCUT2D eigenvalue weighted by Gasteiger charge is -2.39. The van der Waals surface area contributed by atoms with Gasteiger partial charge in [-0.25, -0.2) is 8.78 Å². The summed E-state index contributed by atoms with van der Waals surface area (Å²) >= 11 is 0. The zero-order valence-corrected chi connectivity index (χ0v) is 24.0. The summed E-state index contributed by atoms with van der Waals surface area (Å²) in [6.07, 6.45) is -0.952. The van der Waals surface area contributed by atoms with Gasteiger partial charge in [0.15, 0.2) is 8.32 Å². The molecule has 0 unspecified atom stereocenters. The molecular weight excluding hydrogens is 531 g/mol. The van der Waals surface area contributed by atoms with Gasteiger partial charge in [0.25, 0.3) is 0 Å².